The molecule has 0 bridgehead atoms. The van der Waals surface area contributed by atoms with Crippen LogP contribution in [0.2, 0.25) is 0 Å². The molecule has 4 aromatic rings. The summed E-state index contributed by atoms with van der Waals surface area (Å²) in [4.78, 5) is 24.1. The van der Waals surface area contributed by atoms with Gasteiger partial charge in [-0.25, -0.2) is 14.6 Å². The summed E-state index contributed by atoms with van der Waals surface area (Å²) in [5.41, 5.74) is 11.7. The molecule has 200 valence electrons. The number of likely N-dealkylation sites (tertiary alicyclic amines) is 1. The van der Waals surface area contributed by atoms with E-state index in [1.807, 2.05) is 54.1 Å². The number of benzene rings is 2. The van der Waals surface area contributed by atoms with E-state index in [9.17, 15) is 4.79 Å². The molecule has 8 heteroatoms. The predicted octanol–water partition coefficient (Wildman–Crippen LogP) is 4.93. The van der Waals surface area contributed by atoms with Crippen molar-refractivity contribution in [1.82, 2.24) is 24.6 Å². The number of carbonyl (C=O) groups is 1. The molecule has 1 aliphatic heterocycles. The van der Waals surface area contributed by atoms with Gasteiger partial charge < -0.3 is 16.0 Å². The second-order valence-corrected chi connectivity index (χ2v) is 11.3. The van der Waals surface area contributed by atoms with E-state index in [1.165, 1.54) is 6.33 Å². The first-order valence-corrected chi connectivity index (χ1v) is 13.3. The van der Waals surface area contributed by atoms with Gasteiger partial charge >= 0.3 is 0 Å². The molecule has 39 heavy (non-hydrogen) atoms. The zero-order valence-electron chi connectivity index (χ0n) is 23.2. The lowest BCUT2D eigenvalue weighted by Gasteiger charge is -2.29. The SMILES string of the molecule is Cc1ccc(NC(=O)c2cccc(C(C)(C)C)c2)cc1C#Cc1nn(C2CCN(C)CC2)c2ncnc(N)c12. The lowest BCUT2D eigenvalue weighted by atomic mass is 9.86. The number of anilines is 2. The summed E-state index contributed by atoms with van der Waals surface area (Å²) in [5.74, 6) is 6.70. The number of hydrogen-bond donors (Lipinski definition) is 2. The highest BCUT2D eigenvalue weighted by atomic mass is 16.1. The van der Waals surface area contributed by atoms with Crippen LogP contribution >= 0.6 is 0 Å². The molecule has 1 amide bonds. The molecule has 2 aromatic carbocycles. The summed E-state index contributed by atoms with van der Waals surface area (Å²) in [6.45, 7) is 10.4. The summed E-state index contributed by atoms with van der Waals surface area (Å²) >= 11 is 0. The third kappa shape index (κ3) is 5.64. The first kappa shape index (κ1) is 26.4. The molecule has 0 unspecified atom stereocenters. The standard InChI is InChI=1S/C31H35N7O/c1-20-9-11-24(35-30(39)22-7-6-8-23(17-22)31(2,3)4)18-21(20)10-12-26-27-28(32)33-19-34-29(27)38(36-26)25-13-15-37(5)16-14-25/h6-9,11,17-19,25H,13-16H2,1-5H3,(H,35,39)(H2,32,33,34). The monoisotopic (exact) mass is 521 g/mol. The fraction of sp³-hybridized carbons (Fsp3) is 0.355. The lowest BCUT2D eigenvalue weighted by molar-refractivity contribution is 0.102. The highest BCUT2D eigenvalue weighted by molar-refractivity contribution is 6.04. The lowest BCUT2D eigenvalue weighted by Crippen LogP contribution is -2.32. The van der Waals surface area contributed by atoms with Gasteiger partial charge in [0.1, 0.15) is 17.8 Å². The van der Waals surface area contributed by atoms with Crippen LogP contribution < -0.4 is 11.1 Å². The molecule has 0 aliphatic carbocycles. The number of nitrogens with one attached hydrogen (secondary N) is 1. The van der Waals surface area contributed by atoms with E-state index in [0.29, 0.717) is 28.1 Å². The Kier molecular flexibility index (Phi) is 7.11. The summed E-state index contributed by atoms with van der Waals surface area (Å²) in [6, 6.07) is 13.7. The van der Waals surface area contributed by atoms with E-state index in [-0.39, 0.29) is 17.4 Å². The van der Waals surface area contributed by atoms with Crippen molar-refractivity contribution in [1.29, 1.82) is 0 Å². The van der Waals surface area contributed by atoms with Crippen LogP contribution in [0.15, 0.2) is 48.8 Å². The molecule has 1 saturated heterocycles. The number of nitrogens with two attached hydrogens (primary N) is 1. The first-order valence-electron chi connectivity index (χ1n) is 13.3. The van der Waals surface area contributed by atoms with Gasteiger partial charge in [0.25, 0.3) is 5.91 Å². The van der Waals surface area contributed by atoms with Gasteiger partial charge in [-0.1, -0.05) is 44.9 Å². The molecular formula is C31H35N7O. The second-order valence-electron chi connectivity index (χ2n) is 11.3. The van der Waals surface area contributed by atoms with Crippen LogP contribution in [0.25, 0.3) is 11.0 Å². The number of carbonyl (C=O) groups excluding carboxylic acids is 1. The molecule has 3 N–H and O–H groups in total. The first-order chi connectivity index (χ1) is 18.6. The predicted molar refractivity (Wildman–Crippen MR) is 156 cm³/mol. The van der Waals surface area contributed by atoms with Crippen molar-refractivity contribution in [2.24, 2.45) is 0 Å². The number of nitrogen functional groups attached to an aromatic ring is 1. The summed E-state index contributed by atoms with van der Waals surface area (Å²) < 4.78 is 1.97. The third-order valence-corrected chi connectivity index (χ3v) is 7.35. The normalized spacial score (nSPS) is 14.7. The van der Waals surface area contributed by atoms with Crippen LogP contribution in [0.1, 0.15) is 72.4 Å². The summed E-state index contributed by atoms with van der Waals surface area (Å²) in [6.07, 6.45) is 3.46. The molecule has 2 aromatic heterocycles. The maximum atomic E-state index is 13.0. The van der Waals surface area contributed by atoms with E-state index < -0.39 is 0 Å². The van der Waals surface area contributed by atoms with Crippen LogP contribution in [0, 0.1) is 18.8 Å². The fourth-order valence-corrected chi connectivity index (χ4v) is 4.87. The summed E-state index contributed by atoms with van der Waals surface area (Å²) in [5, 5.41) is 8.56. The van der Waals surface area contributed by atoms with Crippen molar-refractivity contribution in [3.63, 3.8) is 0 Å². The highest BCUT2D eigenvalue weighted by Crippen LogP contribution is 2.29. The molecule has 5 rings (SSSR count). The number of rotatable bonds is 3. The highest BCUT2D eigenvalue weighted by Gasteiger charge is 2.24. The van der Waals surface area contributed by atoms with Gasteiger partial charge in [0.2, 0.25) is 0 Å². The average Bonchev–Trinajstić information content (AvgIpc) is 3.29. The quantitative estimate of drug-likeness (QED) is 0.371. The molecule has 8 nitrogen and oxygen atoms in total. The molecule has 0 radical (unpaired) electrons. The molecule has 0 saturated carbocycles. The fourth-order valence-electron chi connectivity index (χ4n) is 4.87. The van der Waals surface area contributed by atoms with Crippen LogP contribution in [0.3, 0.4) is 0 Å². The maximum Gasteiger partial charge on any atom is 0.255 e. The van der Waals surface area contributed by atoms with Crippen LogP contribution in [0.4, 0.5) is 11.5 Å². The van der Waals surface area contributed by atoms with E-state index >= 15 is 0 Å². The van der Waals surface area contributed by atoms with Crippen LogP contribution in [-0.2, 0) is 5.41 Å². The Labute approximate surface area is 229 Å². The van der Waals surface area contributed by atoms with Crippen LogP contribution in [0.5, 0.6) is 0 Å². The Bertz CT molecular complexity index is 1590. The number of amides is 1. The number of fused-ring (bicyclic) bond motifs is 1. The van der Waals surface area contributed by atoms with Crippen molar-refractivity contribution in [2.75, 3.05) is 31.2 Å². The molecule has 1 fully saturated rings. The minimum Gasteiger partial charge on any atom is -0.383 e. The Balaban J connectivity index is 1.44. The minimum atomic E-state index is -0.156. The largest absolute Gasteiger partial charge is 0.383 e. The third-order valence-electron chi connectivity index (χ3n) is 7.35. The second kappa shape index (κ2) is 10.5. The average molecular weight is 522 g/mol. The minimum absolute atomic E-state index is 0.0398. The summed E-state index contributed by atoms with van der Waals surface area (Å²) in [7, 11) is 2.14. The van der Waals surface area contributed by atoms with Gasteiger partial charge in [-0.2, -0.15) is 5.10 Å². The van der Waals surface area contributed by atoms with E-state index in [2.05, 4.69) is 59.8 Å². The van der Waals surface area contributed by atoms with Crippen LogP contribution in [-0.4, -0.2) is 50.7 Å². The molecule has 0 atom stereocenters. The Morgan fingerprint density at radius 2 is 1.85 bits per heavy atom. The van der Waals surface area contributed by atoms with Gasteiger partial charge in [0.15, 0.2) is 5.65 Å². The zero-order valence-corrected chi connectivity index (χ0v) is 23.2. The zero-order chi connectivity index (χ0) is 27.7. The van der Waals surface area contributed by atoms with Crippen molar-refractivity contribution >= 4 is 28.4 Å². The Morgan fingerprint density at radius 3 is 2.59 bits per heavy atom. The Hall–Kier alpha value is -4.22. The Morgan fingerprint density at radius 1 is 1.08 bits per heavy atom. The van der Waals surface area contributed by atoms with Crippen molar-refractivity contribution in [3.8, 4) is 11.8 Å². The molecule has 3 heterocycles. The number of nitrogens with zero attached hydrogens (tertiary/aromatic N) is 5. The number of aryl methyl sites for hydroxylation is 1. The van der Waals surface area contributed by atoms with Crippen molar-refractivity contribution < 1.29 is 4.79 Å². The molecule has 1 aliphatic rings. The topological polar surface area (TPSA) is 102 Å². The van der Waals surface area contributed by atoms with Gasteiger partial charge in [-0.15, -0.1) is 0 Å². The van der Waals surface area contributed by atoms with E-state index in [0.717, 1.165) is 48.3 Å². The van der Waals surface area contributed by atoms with Gasteiger partial charge in [-0.3, -0.25) is 4.79 Å². The maximum absolute atomic E-state index is 13.0. The smallest absolute Gasteiger partial charge is 0.255 e. The van der Waals surface area contributed by atoms with Crippen molar-refractivity contribution in [2.45, 2.75) is 52.0 Å². The van der Waals surface area contributed by atoms with Crippen molar-refractivity contribution in [3.05, 3.63) is 76.7 Å². The molecule has 0 spiro atoms. The van der Waals surface area contributed by atoms with E-state index in [1.54, 1.807) is 0 Å². The van der Waals surface area contributed by atoms with E-state index in [4.69, 9.17) is 10.8 Å². The van der Waals surface area contributed by atoms with Gasteiger partial charge in [-0.05, 0) is 86.6 Å². The number of aromatic nitrogens is 4. The van der Waals surface area contributed by atoms with Gasteiger partial charge in [0, 0.05) is 16.8 Å². The number of piperidine rings is 1. The molecular weight excluding hydrogens is 486 g/mol. The number of hydrogen-bond acceptors (Lipinski definition) is 6. The van der Waals surface area contributed by atoms with Gasteiger partial charge in [0.05, 0.1) is 11.4 Å².